The van der Waals surface area contributed by atoms with Crippen LogP contribution in [0.2, 0.25) is 0 Å². The lowest BCUT2D eigenvalue weighted by atomic mass is 9.85. The van der Waals surface area contributed by atoms with Gasteiger partial charge in [-0.3, -0.25) is 9.59 Å². The molecular weight excluding hydrogens is 528 g/mol. The Labute approximate surface area is 238 Å². The van der Waals surface area contributed by atoms with E-state index in [0.717, 1.165) is 21.7 Å². The minimum Gasteiger partial charge on any atom is -0.410 e. The van der Waals surface area contributed by atoms with Crippen molar-refractivity contribution in [3.63, 3.8) is 0 Å². The molecule has 3 aromatic rings. The van der Waals surface area contributed by atoms with Crippen LogP contribution < -0.4 is 15.4 Å². The third-order valence-corrected chi connectivity index (χ3v) is 7.95. The molecule has 4 rings (SSSR count). The van der Waals surface area contributed by atoms with Gasteiger partial charge in [0.1, 0.15) is 17.8 Å². The van der Waals surface area contributed by atoms with Gasteiger partial charge in [-0.2, -0.15) is 0 Å². The molecule has 2 heterocycles. The Hall–Kier alpha value is -3.76. The van der Waals surface area contributed by atoms with Crippen LogP contribution in [0.5, 0.6) is 5.75 Å². The minimum atomic E-state index is -0.982. The molecule has 3 N–H and O–H groups in total. The molecule has 40 heavy (non-hydrogen) atoms. The van der Waals surface area contributed by atoms with Crippen molar-refractivity contribution in [2.45, 2.75) is 65.3 Å². The number of β-amino-alcohol motifs (C(OH)–C–C–N with tert-alkyl or cyclic N) is 1. The summed E-state index contributed by atoms with van der Waals surface area (Å²) in [7, 11) is 0. The second-order valence-electron chi connectivity index (χ2n) is 11.2. The normalized spacial score (nSPS) is 18.6. The van der Waals surface area contributed by atoms with Crippen LogP contribution >= 0.6 is 11.3 Å². The molecule has 9 nitrogen and oxygen atoms in total. The second-order valence-corrected chi connectivity index (χ2v) is 12.0. The molecule has 0 spiro atoms. The quantitative estimate of drug-likeness (QED) is 0.390. The Morgan fingerprint density at radius 3 is 2.35 bits per heavy atom. The molecule has 0 bridgehead atoms. The fraction of sp³-hybridized carbons (Fsp3) is 0.400. The molecule has 1 aromatic heterocycles. The predicted molar refractivity (Wildman–Crippen MR) is 154 cm³/mol. The Morgan fingerprint density at radius 1 is 1.07 bits per heavy atom. The molecule has 1 aliphatic heterocycles. The SMILES string of the molecule is Cc1ncsc1-c1ccc([C@H](C)NC(=O)[C@@H]2C[C@@H](O)CN2C(=O)[C@@H](NC(=O)Oc2ccccc2)C(C)(C)C)cc1. The van der Waals surface area contributed by atoms with Gasteiger partial charge in [0.05, 0.1) is 28.2 Å². The zero-order valence-electron chi connectivity index (χ0n) is 23.4. The van der Waals surface area contributed by atoms with Crippen molar-refractivity contribution in [1.29, 1.82) is 0 Å². The van der Waals surface area contributed by atoms with Gasteiger partial charge in [-0.05, 0) is 42.5 Å². The average molecular weight is 565 g/mol. The van der Waals surface area contributed by atoms with Crippen molar-refractivity contribution in [2.75, 3.05) is 6.54 Å². The number of aromatic nitrogens is 1. The second kappa shape index (κ2) is 12.2. The lowest BCUT2D eigenvalue weighted by Gasteiger charge is -2.35. The predicted octanol–water partition coefficient (Wildman–Crippen LogP) is 4.46. The van der Waals surface area contributed by atoms with Crippen molar-refractivity contribution < 1.29 is 24.2 Å². The van der Waals surface area contributed by atoms with Gasteiger partial charge in [0.15, 0.2) is 0 Å². The van der Waals surface area contributed by atoms with Crippen LogP contribution in [0.25, 0.3) is 10.4 Å². The molecule has 0 unspecified atom stereocenters. The molecule has 1 saturated heterocycles. The van der Waals surface area contributed by atoms with Crippen molar-refractivity contribution in [1.82, 2.24) is 20.5 Å². The molecule has 0 aliphatic carbocycles. The Bertz CT molecular complexity index is 1340. The highest BCUT2D eigenvalue weighted by Crippen LogP contribution is 2.29. The number of amides is 3. The van der Waals surface area contributed by atoms with Gasteiger partial charge in [0, 0.05) is 13.0 Å². The van der Waals surface area contributed by atoms with E-state index in [1.54, 1.807) is 41.7 Å². The number of benzene rings is 2. The van der Waals surface area contributed by atoms with E-state index in [1.165, 1.54) is 4.90 Å². The van der Waals surface area contributed by atoms with E-state index in [1.807, 2.05) is 64.4 Å². The highest BCUT2D eigenvalue weighted by atomic mass is 32.1. The van der Waals surface area contributed by atoms with E-state index < -0.39 is 35.6 Å². The summed E-state index contributed by atoms with van der Waals surface area (Å²) in [6.45, 7) is 9.30. The average Bonchev–Trinajstić information content (AvgIpc) is 3.52. The van der Waals surface area contributed by atoms with E-state index in [2.05, 4.69) is 15.6 Å². The first-order chi connectivity index (χ1) is 18.9. The number of nitrogens with zero attached hydrogens (tertiary/aromatic N) is 2. The number of para-hydroxylation sites is 1. The maximum absolute atomic E-state index is 13.7. The van der Waals surface area contributed by atoms with Crippen LogP contribution in [-0.2, 0) is 9.59 Å². The topological polar surface area (TPSA) is 121 Å². The highest BCUT2D eigenvalue weighted by Gasteiger charge is 2.45. The number of aliphatic hydroxyl groups is 1. The van der Waals surface area contributed by atoms with Crippen LogP contribution in [-0.4, -0.2) is 57.6 Å². The number of carbonyl (C=O) groups is 3. The van der Waals surface area contributed by atoms with E-state index >= 15 is 0 Å². The minimum absolute atomic E-state index is 0.00378. The number of ether oxygens (including phenoxy) is 1. The van der Waals surface area contributed by atoms with Crippen LogP contribution in [0.4, 0.5) is 4.79 Å². The Balaban J connectivity index is 1.44. The number of thiazole rings is 1. The number of carbonyl (C=O) groups excluding carboxylic acids is 3. The molecule has 212 valence electrons. The lowest BCUT2D eigenvalue weighted by Crippen LogP contribution is -2.58. The van der Waals surface area contributed by atoms with Crippen LogP contribution in [0, 0.1) is 12.3 Å². The summed E-state index contributed by atoms with van der Waals surface area (Å²) >= 11 is 1.58. The summed E-state index contributed by atoms with van der Waals surface area (Å²) < 4.78 is 5.34. The van der Waals surface area contributed by atoms with Crippen LogP contribution in [0.3, 0.4) is 0 Å². The number of hydrogen-bond donors (Lipinski definition) is 3. The van der Waals surface area contributed by atoms with Crippen LogP contribution in [0.15, 0.2) is 60.1 Å². The summed E-state index contributed by atoms with van der Waals surface area (Å²) in [5.74, 6) is -0.469. The van der Waals surface area contributed by atoms with E-state index in [9.17, 15) is 19.5 Å². The maximum Gasteiger partial charge on any atom is 0.413 e. The van der Waals surface area contributed by atoms with Gasteiger partial charge in [-0.15, -0.1) is 11.3 Å². The van der Waals surface area contributed by atoms with Crippen molar-refractivity contribution in [3.8, 4) is 16.2 Å². The number of aryl methyl sites for hydroxylation is 1. The molecule has 1 fully saturated rings. The number of hydrogen-bond acceptors (Lipinski definition) is 7. The summed E-state index contributed by atoms with van der Waals surface area (Å²) in [6.07, 6.45) is -1.52. The number of likely N-dealkylation sites (tertiary alicyclic amines) is 1. The lowest BCUT2D eigenvalue weighted by molar-refractivity contribution is -0.142. The standard InChI is InChI=1S/C30H36N4O5S/c1-18(20-11-13-21(14-12-20)25-19(2)31-17-40-25)32-27(36)24-15-22(35)16-34(24)28(37)26(30(3,4)5)33-29(38)39-23-9-7-6-8-10-23/h6-14,17-18,22,24,26,35H,15-16H2,1-5H3,(H,32,36)(H,33,38)/t18-,22+,24-,26+/m0/s1. The van der Waals surface area contributed by atoms with E-state index in [0.29, 0.717) is 5.75 Å². The Morgan fingerprint density at radius 2 is 1.75 bits per heavy atom. The number of aliphatic hydroxyl groups excluding tert-OH is 1. The van der Waals surface area contributed by atoms with E-state index in [4.69, 9.17) is 4.74 Å². The van der Waals surface area contributed by atoms with E-state index in [-0.39, 0.29) is 24.9 Å². The van der Waals surface area contributed by atoms with Gasteiger partial charge in [0.2, 0.25) is 11.8 Å². The van der Waals surface area contributed by atoms with Crippen molar-refractivity contribution in [3.05, 3.63) is 71.4 Å². The van der Waals surface area contributed by atoms with Crippen molar-refractivity contribution >= 4 is 29.2 Å². The summed E-state index contributed by atoms with van der Waals surface area (Å²) in [4.78, 5) is 46.5. The molecular formula is C30H36N4O5S. The zero-order valence-corrected chi connectivity index (χ0v) is 24.2. The third-order valence-electron chi connectivity index (χ3n) is 6.97. The number of rotatable bonds is 7. The largest absolute Gasteiger partial charge is 0.413 e. The van der Waals surface area contributed by atoms with Gasteiger partial charge in [0.25, 0.3) is 0 Å². The zero-order chi connectivity index (χ0) is 29.0. The first-order valence-corrected chi connectivity index (χ1v) is 14.1. The summed E-state index contributed by atoms with van der Waals surface area (Å²) in [5, 5.41) is 16.1. The fourth-order valence-corrected chi connectivity index (χ4v) is 5.57. The molecule has 10 heteroatoms. The summed E-state index contributed by atoms with van der Waals surface area (Å²) in [6, 6.07) is 14.3. The molecule has 1 aliphatic rings. The van der Waals surface area contributed by atoms with Gasteiger partial charge in [-0.1, -0.05) is 63.2 Å². The monoisotopic (exact) mass is 564 g/mol. The Kier molecular flexibility index (Phi) is 8.90. The van der Waals surface area contributed by atoms with Gasteiger partial charge >= 0.3 is 6.09 Å². The molecule has 0 radical (unpaired) electrons. The van der Waals surface area contributed by atoms with Gasteiger partial charge in [-0.25, -0.2) is 9.78 Å². The maximum atomic E-state index is 13.7. The first kappa shape index (κ1) is 29.2. The number of nitrogens with one attached hydrogen (secondary N) is 2. The first-order valence-electron chi connectivity index (χ1n) is 13.3. The highest BCUT2D eigenvalue weighted by molar-refractivity contribution is 7.13. The summed E-state index contributed by atoms with van der Waals surface area (Å²) in [5.41, 5.74) is 4.07. The van der Waals surface area contributed by atoms with Crippen LogP contribution in [0.1, 0.15) is 51.4 Å². The third kappa shape index (κ3) is 6.86. The van der Waals surface area contributed by atoms with Crippen molar-refractivity contribution in [2.24, 2.45) is 5.41 Å². The smallest absolute Gasteiger partial charge is 0.410 e. The molecule has 0 saturated carbocycles. The molecule has 2 aromatic carbocycles. The fourth-order valence-electron chi connectivity index (χ4n) is 4.76. The van der Waals surface area contributed by atoms with Gasteiger partial charge < -0.3 is 25.4 Å². The molecule has 4 atom stereocenters. The molecule has 3 amide bonds.